The lowest BCUT2D eigenvalue weighted by Gasteiger charge is -2.22. The van der Waals surface area contributed by atoms with Crippen LogP contribution in [0.3, 0.4) is 0 Å². The zero-order chi connectivity index (χ0) is 14.7. The van der Waals surface area contributed by atoms with Crippen molar-refractivity contribution < 1.29 is 4.79 Å². The molecule has 1 unspecified atom stereocenters. The summed E-state index contributed by atoms with van der Waals surface area (Å²) in [5.41, 5.74) is 9.50. The van der Waals surface area contributed by atoms with Crippen molar-refractivity contribution in [2.75, 3.05) is 0 Å². The van der Waals surface area contributed by atoms with E-state index in [2.05, 4.69) is 5.32 Å². The molecule has 0 aliphatic carbocycles. The van der Waals surface area contributed by atoms with Gasteiger partial charge in [0.15, 0.2) is 0 Å². The van der Waals surface area contributed by atoms with Gasteiger partial charge in [-0.15, -0.1) is 0 Å². The van der Waals surface area contributed by atoms with Crippen molar-refractivity contribution in [3.8, 4) is 0 Å². The zero-order valence-electron chi connectivity index (χ0n) is 12.2. The molecular weight excluding hydrogens is 256 g/mol. The van der Waals surface area contributed by atoms with Gasteiger partial charge >= 0.3 is 0 Å². The molecule has 1 amide bonds. The second-order valence-electron chi connectivity index (χ2n) is 5.37. The third kappa shape index (κ3) is 3.77. The van der Waals surface area contributed by atoms with E-state index in [0.29, 0.717) is 10.6 Å². The fourth-order valence-electron chi connectivity index (χ4n) is 2.32. The van der Waals surface area contributed by atoms with Gasteiger partial charge in [-0.05, 0) is 37.8 Å². The largest absolute Gasteiger partial charge is 0.392 e. The summed E-state index contributed by atoms with van der Waals surface area (Å²) < 4.78 is 0. The molecule has 0 radical (unpaired) electrons. The molecule has 0 saturated carbocycles. The molecule has 1 atom stereocenters. The van der Waals surface area contributed by atoms with Crippen molar-refractivity contribution in [2.24, 2.45) is 11.7 Å². The van der Waals surface area contributed by atoms with Crippen LogP contribution in [-0.2, 0) is 0 Å². The standard InChI is InChI=1S/C15H22N2OS/c1-8(2)13(14(16)19)17-15(18)12-10(4)6-9(3)7-11(12)5/h6-8,13H,1-5H3,(H2,16,19)(H,17,18). The van der Waals surface area contributed by atoms with Crippen molar-refractivity contribution in [2.45, 2.75) is 40.7 Å². The summed E-state index contributed by atoms with van der Waals surface area (Å²) in [7, 11) is 0. The van der Waals surface area contributed by atoms with Crippen LogP contribution >= 0.6 is 12.2 Å². The van der Waals surface area contributed by atoms with Crippen LogP contribution in [0.5, 0.6) is 0 Å². The van der Waals surface area contributed by atoms with Crippen molar-refractivity contribution in [3.63, 3.8) is 0 Å². The molecule has 1 aromatic carbocycles. The number of nitrogens with one attached hydrogen (secondary N) is 1. The summed E-state index contributed by atoms with van der Waals surface area (Å²) in [6.07, 6.45) is 0. The molecule has 0 heterocycles. The SMILES string of the molecule is Cc1cc(C)c(C(=O)NC(C(N)=S)C(C)C)c(C)c1. The minimum Gasteiger partial charge on any atom is -0.392 e. The van der Waals surface area contributed by atoms with Crippen LogP contribution in [0.1, 0.15) is 40.9 Å². The van der Waals surface area contributed by atoms with E-state index in [9.17, 15) is 4.79 Å². The van der Waals surface area contributed by atoms with Gasteiger partial charge in [0.1, 0.15) is 0 Å². The fraction of sp³-hybridized carbons (Fsp3) is 0.467. The summed E-state index contributed by atoms with van der Waals surface area (Å²) in [5.74, 6) is 0.0639. The first kappa shape index (κ1) is 15.6. The molecule has 0 aliphatic rings. The number of aryl methyl sites for hydroxylation is 3. The van der Waals surface area contributed by atoms with Crippen LogP contribution in [-0.4, -0.2) is 16.9 Å². The molecule has 0 aromatic heterocycles. The quantitative estimate of drug-likeness (QED) is 0.833. The average molecular weight is 278 g/mol. The molecule has 3 N–H and O–H groups in total. The lowest BCUT2D eigenvalue weighted by atomic mass is 9.98. The predicted molar refractivity (Wildman–Crippen MR) is 83.5 cm³/mol. The van der Waals surface area contributed by atoms with Crippen molar-refractivity contribution in [1.82, 2.24) is 5.32 Å². The molecule has 1 aromatic rings. The van der Waals surface area contributed by atoms with E-state index in [1.54, 1.807) is 0 Å². The summed E-state index contributed by atoms with van der Waals surface area (Å²) in [6, 6.07) is 3.74. The Kier molecular flexibility index (Phi) is 5.06. The molecule has 0 aliphatic heterocycles. The number of carbonyl (C=O) groups excluding carboxylic acids is 1. The monoisotopic (exact) mass is 278 g/mol. The minimum absolute atomic E-state index is 0.110. The predicted octanol–water partition coefficient (Wildman–Crippen LogP) is 2.65. The Bertz CT molecular complexity index is 486. The number of amides is 1. The third-order valence-corrected chi connectivity index (χ3v) is 3.42. The number of rotatable bonds is 4. The topological polar surface area (TPSA) is 55.1 Å². The Labute approximate surface area is 120 Å². The highest BCUT2D eigenvalue weighted by Gasteiger charge is 2.21. The van der Waals surface area contributed by atoms with Crippen LogP contribution in [0.4, 0.5) is 0 Å². The van der Waals surface area contributed by atoms with Crippen molar-refractivity contribution >= 4 is 23.1 Å². The van der Waals surface area contributed by atoms with E-state index < -0.39 is 0 Å². The number of benzene rings is 1. The minimum atomic E-state index is -0.275. The van der Waals surface area contributed by atoms with Gasteiger partial charge in [0.2, 0.25) is 0 Å². The van der Waals surface area contributed by atoms with E-state index >= 15 is 0 Å². The number of hydrogen-bond acceptors (Lipinski definition) is 2. The Morgan fingerprint density at radius 3 is 2.05 bits per heavy atom. The van der Waals surface area contributed by atoms with Gasteiger partial charge in [-0.3, -0.25) is 4.79 Å². The molecule has 0 fully saturated rings. The zero-order valence-corrected chi connectivity index (χ0v) is 13.0. The Morgan fingerprint density at radius 1 is 1.21 bits per heavy atom. The van der Waals surface area contributed by atoms with E-state index in [1.165, 1.54) is 0 Å². The van der Waals surface area contributed by atoms with Crippen LogP contribution < -0.4 is 11.1 Å². The highest BCUT2D eigenvalue weighted by Crippen LogP contribution is 2.17. The molecule has 0 saturated heterocycles. The maximum Gasteiger partial charge on any atom is 0.252 e. The van der Waals surface area contributed by atoms with E-state index in [1.807, 2.05) is 46.8 Å². The molecule has 0 bridgehead atoms. The number of carbonyl (C=O) groups is 1. The lowest BCUT2D eigenvalue weighted by molar-refractivity contribution is 0.0938. The Hall–Kier alpha value is -1.42. The number of nitrogens with two attached hydrogens (primary N) is 1. The van der Waals surface area contributed by atoms with Gasteiger partial charge in [-0.25, -0.2) is 0 Å². The number of hydrogen-bond donors (Lipinski definition) is 2. The first-order valence-corrected chi connectivity index (χ1v) is 6.83. The first-order valence-electron chi connectivity index (χ1n) is 6.42. The molecule has 19 heavy (non-hydrogen) atoms. The maximum atomic E-state index is 12.4. The van der Waals surface area contributed by atoms with Gasteiger partial charge in [0.25, 0.3) is 5.91 Å². The van der Waals surface area contributed by atoms with E-state index in [-0.39, 0.29) is 17.9 Å². The maximum absolute atomic E-state index is 12.4. The van der Waals surface area contributed by atoms with Crippen molar-refractivity contribution in [1.29, 1.82) is 0 Å². The van der Waals surface area contributed by atoms with Crippen LogP contribution in [0, 0.1) is 26.7 Å². The highest BCUT2D eigenvalue weighted by molar-refractivity contribution is 7.80. The van der Waals surface area contributed by atoms with E-state index in [4.69, 9.17) is 18.0 Å². The summed E-state index contributed by atoms with van der Waals surface area (Å²) in [6.45, 7) is 9.88. The van der Waals surface area contributed by atoms with Gasteiger partial charge in [0.05, 0.1) is 11.0 Å². The van der Waals surface area contributed by atoms with E-state index in [0.717, 1.165) is 16.7 Å². The van der Waals surface area contributed by atoms with Gasteiger partial charge < -0.3 is 11.1 Å². The molecule has 1 rings (SSSR count). The van der Waals surface area contributed by atoms with Gasteiger partial charge in [0, 0.05) is 5.56 Å². The van der Waals surface area contributed by atoms with Crippen LogP contribution in [0.2, 0.25) is 0 Å². The third-order valence-electron chi connectivity index (χ3n) is 3.16. The summed E-state index contributed by atoms with van der Waals surface area (Å²) >= 11 is 5.01. The second-order valence-corrected chi connectivity index (χ2v) is 5.84. The summed E-state index contributed by atoms with van der Waals surface area (Å²) in [4.78, 5) is 12.7. The molecular formula is C15H22N2OS. The van der Waals surface area contributed by atoms with Crippen LogP contribution in [0.25, 0.3) is 0 Å². The normalized spacial score (nSPS) is 12.3. The van der Waals surface area contributed by atoms with Gasteiger partial charge in [-0.1, -0.05) is 43.8 Å². The fourth-order valence-corrected chi connectivity index (χ4v) is 2.65. The Balaban J connectivity index is 3.05. The average Bonchev–Trinajstić information content (AvgIpc) is 2.23. The summed E-state index contributed by atoms with van der Waals surface area (Å²) in [5, 5.41) is 2.93. The first-order chi connectivity index (χ1) is 8.73. The number of thiocarbonyl (C=S) groups is 1. The smallest absolute Gasteiger partial charge is 0.252 e. The molecule has 4 heteroatoms. The Morgan fingerprint density at radius 2 is 1.68 bits per heavy atom. The molecule has 3 nitrogen and oxygen atoms in total. The lowest BCUT2D eigenvalue weighted by Crippen LogP contribution is -2.47. The highest BCUT2D eigenvalue weighted by atomic mass is 32.1. The molecule has 0 spiro atoms. The second kappa shape index (κ2) is 6.15. The van der Waals surface area contributed by atoms with Crippen molar-refractivity contribution in [3.05, 3.63) is 34.4 Å². The molecule has 104 valence electrons. The van der Waals surface area contributed by atoms with Gasteiger partial charge in [-0.2, -0.15) is 0 Å². The van der Waals surface area contributed by atoms with Crippen LogP contribution in [0.15, 0.2) is 12.1 Å².